The molecule has 2 aromatic heterocycles. The molecule has 13 rings (SSSR count). The van der Waals surface area contributed by atoms with Crippen molar-refractivity contribution in [3.05, 3.63) is 295 Å². The largest absolute Gasteiger partial charge is 0.311 e. The van der Waals surface area contributed by atoms with E-state index in [4.69, 9.17) is 0 Å². The molecule has 352 valence electrons. The molecule has 0 spiro atoms. The maximum Gasteiger partial charge on any atom is 0.195 e. The van der Waals surface area contributed by atoms with E-state index >= 15 is 0 Å². The number of hydrogen-bond donors (Lipinski definition) is 0. The monoisotopic (exact) mass is 952 g/mol. The summed E-state index contributed by atoms with van der Waals surface area (Å²) < 4.78 is 4.41. The third-order valence-electron chi connectivity index (χ3n) is 14.3. The van der Waals surface area contributed by atoms with Crippen LogP contribution in [0.15, 0.2) is 273 Å². The lowest BCUT2D eigenvalue weighted by Gasteiger charge is -2.27. The van der Waals surface area contributed by atoms with E-state index < -0.39 is 0 Å². The number of carbonyl (C=O) groups is 2. The van der Waals surface area contributed by atoms with Gasteiger partial charge in [-0.25, -0.2) is 0 Å². The Kier molecular flexibility index (Phi) is 11.2. The van der Waals surface area contributed by atoms with E-state index in [2.05, 4.69) is 189 Å². The van der Waals surface area contributed by atoms with Gasteiger partial charge in [0.1, 0.15) is 0 Å². The lowest BCUT2D eigenvalue weighted by atomic mass is 9.97. The Bertz CT molecular complexity index is 4130. The average Bonchev–Trinajstić information content (AvgIpc) is 3.99. The normalized spacial score (nSPS) is 12.4. The molecular weight excluding hydrogens is 905 g/mol. The molecule has 10 aromatic carbocycles. The minimum atomic E-state index is -0.131. The highest BCUT2D eigenvalue weighted by atomic mass is 16.1. The van der Waals surface area contributed by atoms with E-state index in [0.29, 0.717) is 22.3 Å². The maximum atomic E-state index is 14.8. The Morgan fingerprint density at radius 2 is 0.730 bits per heavy atom. The Hall–Kier alpha value is -9.78. The summed E-state index contributed by atoms with van der Waals surface area (Å²) in [4.78, 5) is 34.2. The smallest absolute Gasteiger partial charge is 0.195 e. The van der Waals surface area contributed by atoms with Crippen molar-refractivity contribution in [3.8, 4) is 11.4 Å². The van der Waals surface area contributed by atoms with Crippen molar-refractivity contribution in [2.75, 3.05) is 9.80 Å². The van der Waals surface area contributed by atoms with Crippen LogP contribution in [-0.4, -0.2) is 20.7 Å². The summed E-state index contributed by atoms with van der Waals surface area (Å²) in [7, 11) is 0. The molecule has 0 aliphatic heterocycles. The van der Waals surface area contributed by atoms with Gasteiger partial charge in [-0.15, -0.1) is 0 Å². The Balaban J connectivity index is 0.845. The minimum Gasteiger partial charge on any atom is -0.311 e. The summed E-state index contributed by atoms with van der Waals surface area (Å²) in [6.45, 7) is 0. The highest BCUT2D eigenvalue weighted by molar-refractivity contribution is 6.17. The van der Waals surface area contributed by atoms with Crippen LogP contribution in [-0.2, 0) is 0 Å². The van der Waals surface area contributed by atoms with Crippen molar-refractivity contribution < 1.29 is 9.59 Å². The zero-order valence-electron chi connectivity index (χ0n) is 40.4. The lowest BCUT2D eigenvalue weighted by Crippen LogP contribution is -2.16. The molecule has 0 saturated heterocycles. The summed E-state index contributed by atoms with van der Waals surface area (Å²) in [5.74, 6) is -0.260. The van der Waals surface area contributed by atoms with Crippen LogP contribution in [0.1, 0.15) is 44.7 Å². The predicted molar refractivity (Wildman–Crippen MR) is 305 cm³/mol. The van der Waals surface area contributed by atoms with Crippen LogP contribution in [0.4, 0.5) is 28.4 Å². The molecular formula is C68H48N4O2. The lowest BCUT2D eigenvalue weighted by molar-refractivity contribution is 0.102. The highest BCUT2D eigenvalue weighted by Crippen LogP contribution is 2.42. The van der Waals surface area contributed by atoms with E-state index in [1.54, 1.807) is 24.3 Å². The second-order valence-electron chi connectivity index (χ2n) is 18.7. The Labute approximate surface area is 429 Å². The SMILES string of the molecule is O=C(c1ccc(C(=O)c2ccccc2-n2c3ccccc3c3cc(N(c4ccccc4)c4ccccc4)ccc32)cc1)c1ccccc1-n1c2ccccc2c2cc(N(C3=CCCC=C3)c3ccccc3)ccc21. The van der Waals surface area contributed by atoms with Gasteiger partial charge in [0.15, 0.2) is 11.6 Å². The van der Waals surface area contributed by atoms with Crippen molar-refractivity contribution in [3.63, 3.8) is 0 Å². The summed E-state index contributed by atoms with van der Waals surface area (Å²) >= 11 is 0. The molecule has 6 nitrogen and oxygen atoms in total. The van der Waals surface area contributed by atoms with Gasteiger partial charge in [-0.3, -0.25) is 9.59 Å². The molecule has 0 amide bonds. The minimum absolute atomic E-state index is 0.128. The average molecular weight is 953 g/mol. The van der Waals surface area contributed by atoms with Crippen LogP contribution in [0.25, 0.3) is 55.0 Å². The number of anilines is 5. The molecule has 1 aliphatic rings. The van der Waals surface area contributed by atoms with Crippen molar-refractivity contribution in [2.24, 2.45) is 0 Å². The molecule has 0 saturated carbocycles. The number of benzene rings is 10. The maximum absolute atomic E-state index is 14.8. The number of nitrogens with zero attached hydrogens (tertiary/aromatic N) is 4. The van der Waals surface area contributed by atoms with E-state index in [0.717, 1.165) is 102 Å². The number of aromatic nitrogens is 2. The van der Waals surface area contributed by atoms with Gasteiger partial charge < -0.3 is 18.9 Å². The second-order valence-corrected chi connectivity index (χ2v) is 18.7. The summed E-state index contributed by atoms with van der Waals surface area (Å²) in [5.41, 5.74) is 14.1. The fraction of sp³-hybridized carbons (Fsp3) is 0.0294. The Morgan fingerprint density at radius 3 is 1.19 bits per heavy atom. The van der Waals surface area contributed by atoms with Crippen LogP contribution in [0.3, 0.4) is 0 Å². The molecule has 0 bridgehead atoms. The first kappa shape index (κ1) is 44.2. The van der Waals surface area contributed by atoms with Crippen LogP contribution in [0, 0.1) is 0 Å². The number of allylic oxidation sites excluding steroid dienone is 3. The first-order valence-electron chi connectivity index (χ1n) is 25.2. The van der Waals surface area contributed by atoms with Gasteiger partial charge >= 0.3 is 0 Å². The molecule has 6 heteroatoms. The van der Waals surface area contributed by atoms with Crippen molar-refractivity contribution in [1.29, 1.82) is 0 Å². The standard InChI is InChI=1S/C68H48N4O2/c73-67(57-31-15-19-35-63(57)71-61-33-17-13-29-55(61)59-45-53(41-43-65(59)71)69(49-21-5-1-6-22-49)50-23-7-2-8-24-50)47-37-39-48(40-38-47)68(74)58-32-16-20-36-64(58)72-62-34-18-14-30-56(62)60-46-54(42-44-66(60)72)70(51-25-9-3-10-26-51)52-27-11-4-12-28-52/h1-3,5-11,13-46H,4,12H2. The molecule has 74 heavy (non-hydrogen) atoms. The van der Waals surface area contributed by atoms with Gasteiger partial charge in [0, 0.05) is 77.9 Å². The Morgan fingerprint density at radius 1 is 0.338 bits per heavy atom. The number of fused-ring (bicyclic) bond motifs is 6. The highest BCUT2D eigenvalue weighted by Gasteiger charge is 2.24. The third-order valence-corrected chi connectivity index (χ3v) is 14.3. The molecule has 12 aromatic rings. The van der Waals surface area contributed by atoms with Crippen molar-refractivity contribution in [1.82, 2.24) is 9.13 Å². The van der Waals surface area contributed by atoms with E-state index in [9.17, 15) is 9.59 Å². The summed E-state index contributed by atoms with van der Waals surface area (Å²) in [6.07, 6.45) is 8.78. The zero-order chi connectivity index (χ0) is 49.5. The van der Waals surface area contributed by atoms with E-state index in [1.165, 1.54) is 0 Å². The molecule has 0 fully saturated rings. The van der Waals surface area contributed by atoms with Gasteiger partial charge in [-0.1, -0.05) is 152 Å². The second kappa shape index (κ2) is 18.8. The molecule has 0 unspecified atom stereocenters. The first-order chi connectivity index (χ1) is 36.6. The van der Waals surface area contributed by atoms with E-state index in [1.807, 2.05) is 72.8 Å². The van der Waals surface area contributed by atoms with Crippen molar-refractivity contribution in [2.45, 2.75) is 12.8 Å². The molecule has 0 radical (unpaired) electrons. The molecule has 2 heterocycles. The van der Waals surface area contributed by atoms with Crippen LogP contribution in [0.5, 0.6) is 0 Å². The fourth-order valence-electron chi connectivity index (χ4n) is 10.9. The number of hydrogen-bond acceptors (Lipinski definition) is 4. The first-order valence-corrected chi connectivity index (χ1v) is 25.2. The number of ketones is 2. The van der Waals surface area contributed by atoms with Crippen LogP contribution < -0.4 is 9.80 Å². The molecule has 0 atom stereocenters. The van der Waals surface area contributed by atoms with Crippen LogP contribution >= 0.6 is 0 Å². The quantitative estimate of drug-likeness (QED) is 0.115. The third kappa shape index (κ3) is 7.68. The van der Waals surface area contributed by atoms with Crippen molar-refractivity contribution >= 4 is 83.6 Å². The number of para-hydroxylation sites is 7. The summed E-state index contributed by atoms with van der Waals surface area (Å²) in [6, 6.07) is 84.0. The van der Waals surface area contributed by atoms with Crippen LogP contribution in [0.2, 0.25) is 0 Å². The predicted octanol–water partition coefficient (Wildman–Crippen LogP) is 17.2. The van der Waals surface area contributed by atoms with Gasteiger partial charge in [0.05, 0.1) is 33.4 Å². The van der Waals surface area contributed by atoms with Gasteiger partial charge in [-0.05, 0) is 128 Å². The van der Waals surface area contributed by atoms with Gasteiger partial charge in [-0.2, -0.15) is 0 Å². The van der Waals surface area contributed by atoms with Gasteiger partial charge in [0.25, 0.3) is 0 Å². The fourth-order valence-corrected chi connectivity index (χ4v) is 10.9. The zero-order valence-corrected chi connectivity index (χ0v) is 40.4. The number of rotatable bonds is 12. The summed E-state index contributed by atoms with van der Waals surface area (Å²) in [5, 5.41) is 4.35. The number of carbonyl (C=O) groups excluding carboxylic acids is 2. The van der Waals surface area contributed by atoms with Gasteiger partial charge in [0.2, 0.25) is 0 Å². The molecule has 1 aliphatic carbocycles. The van der Waals surface area contributed by atoms with E-state index in [-0.39, 0.29) is 11.6 Å². The molecule has 0 N–H and O–H groups in total. The topological polar surface area (TPSA) is 50.5 Å².